The van der Waals surface area contributed by atoms with Gasteiger partial charge in [0.2, 0.25) is 11.8 Å². The van der Waals surface area contributed by atoms with Gasteiger partial charge in [0, 0.05) is 18.2 Å². The Morgan fingerprint density at radius 3 is 2.43 bits per heavy atom. The summed E-state index contributed by atoms with van der Waals surface area (Å²) < 4.78 is 10.7. The predicted molar refractivity (Wildman–Crippen MR) is 104 cm³/mol. The van der Waals surface area contributed by atoms with Crippen LogP contribution in [0.2, 0.25) is 0 Å². The topological polar surface area (TPSA) is 98.8 Å². The quantitative estimate of drug-likeness (QED) is 0.496. The number of methoxy groups -OCH3 is 1. The van der Waals surface area contributed by atoms with Crippen LogP contribution >= 0.6 is 0 Å². The van der Waals surface area contributed by atoms with Crippen LogP contribution < -0.4 is 10.1 Å². The van der Waals surface area contributed by atoms with Gasteiger partial charge >= 0.3 is 0 Å². The molecule has 2 aromatic carbocycles. The molecule has 8 heteroatoms. The van der Waals surface area contributed by atoms with E-state index in [0.29, 0.717) is 17.5 Å². The molecular formula is C20H20N4O4. The Hall–Kier alpha value is -3.68. The second-order valence-electron chi connectivity index (χ2n) is 5.94. The van der Waals surface area contributed by atoms with Crippen molar-refractivity contribution in [2.24, 2.45) is 5.16 Å². The van der Waals surface area contributed by atoms with Crippen LogP contribution in [0.5, 0.6) is 5.75 Å². The second-order valence-corrected chi connectivity index (χ2v) is 5.94. The van der Waals surface area contributed by atoms with E-state index in [2.05, 4.69) is 20.7 Å². The second kappa shape index (κ2) is 8.81. The molecule has 0 saturated heterocycles. The number of anilines is 1. The van der Waals surface area contributed by atoms with Gasteiger partial charge in [-0.05, 0) is 48.9 Å². The summed E-state index contributed by atoms with van der Waals surface area (Å²) in [6.45, 7) is 3.35. The molecule has 0 atom stereocenters. The fraction of sp³-hybridized carbons (Fsp3) is 0.200. The van der Waals surface area contributed by atoms with Gasteiger partial charge in [0.05, 0.1) is 12.8 Å². The summed E-state index contributed by atoms with van der Waals surface area (Å²) in [6, 6.07) is 14.6. The number of nitrogens with one attached hydrogen (secondary N) is 1. The Balaban J connectivity index is 1.58. The molecule has 1 amide bonds. The van der Waals surface area contributed by atoms with Crippen molar-refractivity contribution in [1.82, 2.24) is 10.2 Å². The standard InChI is InChI=1S/C20H20N4O4/c1-13(15-4-8-17(9-5-15)21-14(2)25)24-27-12-19-22-23-20(28-19)16-6-10-18(26-3)11-7-16/h4-11H,12H2,1-3H3,(H,21,25)/b24-13+. The first-order chi connectivity index (χ1) is 13.5. The number of ether oxygens (including phenoxy) is 1. The predicted octanol–water partition coefficient (Wildman–Crippen LogP) is 3.64. The van der Waals surface area contributed by atoms with E-state index in [9.17, 15) is 4.79 Å². The van der Waals surface area contributed by atoms with Crippen molar-refractivity contribution in [1.29, 1.82) is 0 Å². The largest absolute Gasteiger partial charge is 0.497 e. The minimum absolute atomic E-state index is 0.0600. The van der Waals surface area contributed by atoms with Crippen molar-refractivity contribution in [2.45, 2.75) is 20.5 Å². The highest BCUT2D eigenvalue weighted by molar-refractivity contribution is 5.99. The third-order valence-electron chi connectivity index (χ3n) is 3.82. The summed E-state index contributed by atoms with van der Waals surface area (Å²) in [5.41, 5.74) is 3.07. The van der Waals surface area contributed by atoms with E-state index >= 15 is 0 Å². The lowest BCUT2D eigenvalue weighted by Crippen LogP contribution is -2.06. The average molecular weight is 380 g/mol. The third kappa shape index (κ3) is 4.94. The molecule has 0 aliphatic heterocycles. The molecule has 0 aliphatic carbocycles. The molecule has 8 nitrogen and oxygen atoms in total. The van der Waals surface area contributed by atoms with E-state index < -0.39 is 0 Å². The normalized spacial score (nSPS) is 11.2. The van der Waals surface area contributed by atoms with Gasteiger partial charge < -0.3 is 19.3 Å². The molecule has 1 heterocycles. The molecule has 0 fully saturated rings. The highest BCUT2D eigenvalue weighted by Gasteiger charge is 2.09. The lowest BCUT2D eigenvalue weighted by Gasteiger charge is -2.04. The Labute approximate surface area is 162 Å². The summed E-state index contributed by atoms with van der Waals surface area (Å²) >= 11 is 0. The zero-order valence-corrected chi connectivity index (χ0v) is 15.8. The number of aromatic nitrogens is 2. The summed E-state index contributed by atoms with van der Waals surface area (Å²) in [6.07, 6.45) is 0. The SMILES string of the molecule is COc1ccc(-c2nnc(CO/N=C(\C)c3ccc(NC(C)=O)cc3)o2)cc1. The zero-order valence-electron chi connectivity index (χ0n) is 15.8. The number of oxime groups is 1. The van der Waals surface area contributed by atoms with Crippen LogP contribution in [0.15, 0.2) is 58.1 Å². The van der Waals surface area contributed by atoms with E-state index in [-0.39, 0.29) is 12.5 Å². The smallest absolute Gasteiger partial charge is 0.257 e. The van der Waals surface area contributed by atoms with Gasteiger partial charge in [-0.2, -0.15) is 0 Å². The Kier molecular flexibility index (Phi) is 6.01. The number of hydrogen-bond donors (Lipinski definition) is 1. The molecule has 28 heavy (non-hydrogen) atoms. The Morgan fingerprint density at radius 2 is 1.79 bits per heavy atom. The summed E-state index contributed by atoms with van der Waals surface area (Å²) in [5.74, 6) is 1.36. The molecule has 0 unspecified atom stereocenters. The van der Waals surface area contributed by atoms with Crippen LogP contribution in [-0.2, 0) is 16.2 Å². The number of benzene rings is 2. The van der Waals surface area contributed by atoms with E-state index in [1.54, 1.807) is 19.2 Å². The maximum absolute atomic E-state index is 11.0. The molecular weight excluding hydrogens is 360 g/mol. The van der Waals surface area contributed by atoms with Gasteiger partial charge in [-0.15, -0.1) is 10.2 Å². The summed E-state index contributed by atoms with van der Waals surface area (Å²) in [5, 5.41) is 14.8. The first kappa shape index (κ1) is 19.1. The highest BCUT2D eigenvalue weighted by atomic mass is 16.6. The molecule has 1 aromatic heterocycles. The molecule has 3 aromatic rings. The minimum atomic E-state index is -0.116. The lowest BCUT2D eigenvalue weighted by atomic mass is 10.1. The first-order valence-electron chi connectivity index (χ1n) is 8.56. The van der Waals surface area contributed by atoms with Crippen LogP contribution in [0, 0.1) is 0 Å². The number of amides is 1. The van der Waals surface area contributed by atoms with Crippen LogP contribution in [0.1, 0.15) is 25.3 Å². The lowest BCUT2D eigenvalue weighted by molar-refractivity contribution is -0.114. The maximum atomic E-state index is 11.0. The van der Waals surface area contributed by atoms with Crippen LogP contribution in [0.3, 0.4) is 0 Å². The third-order valence-corrected chi connectivity index (χ3v) is 3.82. The first-order valence-corrected chi connectivity index (χ1v) is 8.56. The van der Waals surface area contributed by atoms with Crippen molar-refractivity contribution in [3.05, 3.63) is 60.0 Å². The van der Waals surface area contributed by atoms with Crippen molar-refractivity contribution in [3.63, 3.8) is 0 Å². The van der Waals surface area contributed by atoms with Gasteiger partial charge in [-0.25, -0.2) is 0 Å². The van der Waals surface area contributed by atoms with Gasteiger partial charge in [-0.1, -0.05) is 17.3 Å². The van der Waals surface area contributed by atoms with E-state index in [1.807, 2.05) is 43.3 Å². The minimum Gasteiger partial charge on any atom is -0.497 e. The summed E-state index contributed by atoms with van der Waals surface area (Å²) in [7, 11) is 1.61. The monoisotopic (exact) mass is 380 g/mol. The fourth-order valence-corrected chi connectivity index (χ4v) is 2.40. The molecule has 0 saturated carbocycles. The Morgan fingerprint density at radius 1 is 1.07 bits per heavy atom. The summed E-state index contributed by atoms with van der Waals surface area (Å²) in [4.78, 5) is 16.4. The molecule has 1 N–H and O–H groups in total. The number of rotatable bonds is 7. The molecule has 0 spiro atoms. The van der Waals surface area contributed by atoms with Crippen molar-refractivity contribution < 1.29 is 18.8 Å². The van der Waals surface area contributed by atoms with Crippen LogP contribution in [0.4, 0.5) is 5.69 Å². The van der Waals surface area contributed by atoms with Crippen LogP contribution in [0.25, 0.3) is 11.5 Å². The van der Waals surface area contributed by atoms with E-state index in [4.69, 9.17) is 14.0 Å². The van der Waals surface area contributed by atoms with E-state index in [1.165, 1.54) is 6.92 Å². The van der Waals surface area contributed by atoms with Gasteiger partial charge in [0.25, 0.3) is 5.89 Å². The maximum Gasteiger partial charge on any atom is 0.257 e. The average Bonchev–Trinajstić information content (AvgIpc) is 3.17. The Bertz CT molecular complexity index is 963. The van der Waals surface area contributed by atoms with Gasteiger partial charge in [-0.3, -0.25) is 4.79 Å². The van der Waals surface area contributed by atoms with Crippen molar-refractivity contribution >= 4 is 17.3 Å². The fourth-order valence-electron chi connectivity index (χ4n) is 2.40. The molecule has 0 bridgehead atoms. The number of nitrogens with zero attached hydrogens (tertiary/aromatic N) is 3. The zero-order chi connectivity index (χ0) is 19.9. The molecule has 0 radical (unpaired) electrons. The van der Waals surface area contributed by atoms with Crippen molar-refractivity contribution in [3.8, 4) is 17.2 Å². The van der Waals surface area contributed by atoms with Crippen LogP contribution in [-0.4, -0.2) is 28.9 Å². The number of hydrogen-bond acceptors (Lipinski definition) is 7. The van der Waals surface area contributed by atoms with E-state index in [0.717, 1.165) is 22.6 Å². The number of carbonyl (C=O) groups excluding carboxylic acids is 1. The molecule has 3 rings (SSSR count). The molecule has 144 valence electrons. The van der Waals surface area contributed by atoms with Gasteiger partial charge in [0.15, 0.2) is 6.61 Å². The molecule has 0 aliphatic rings. The van der Waals surface area contributed by atoms with Crippen molar-refractivity contribution in [2.75, 3.05) is 12.4 Å². The highest BCUT2D eigenvalue weighted by Crippen LogP contribution is 2.21. The van der Waals surface area contributed by atoms with Gasteiger partial charge in [0.1, 0.15) is 5.75 Å². The number of carbonyl (C=O) groups is 1.